The summed E-state index contributed by atoms with van der Waals surface area (Å²) in [5.41, 5.74) is 0. The molecule has 2 aliphatic rings. The molecule has 5 heteroatoms. The molecule has 8 atom stereocenters. The zero-order chi connectivity index (χ0) is 19.5. The lowest BCUT2D eigenvalue weighted by Crippen LogP contribution is -2.60. The van der Waals surface area contributed by atoms with Gasteiger partial charge in [-0.2, -0.15) is 0 Å². The minimum atomic E-state index is -0.979. The van der Waals surface area contributed by atoms with E-state index in [2.05, 4.69) is 19.9 Å². The predicted octanol–water partition coefficient (Wildman–Crippen LogP) is 3.55. The van der Waals surface area contributed by atoms with Crippen molar-refractivity contribution in [3.05, 3.63) is 36.5 Å². The molecule has 0 aromatic carbocycles. The molecular formula is C21H32O5. The summed E-state index contributed by atoms with van der Waals surface area (Å²) >= 11 is 0. The summed E-state index contributed by atoms with van der Waals surface area (Å²) in [6, 6.07) is 0. The van der Waals surface area contributed by atoms with Gasteiger partial charge in [-0.15, -0.1) is 0 Å². The summed E-state index contributed by atoms with van der Waals surface area (Å²) < 4.78 is 12.8. The normalized spacial score (nSPS) is 41.9. The first-order valence-corrected chi connectivity index (χ1v) is 9.52. The van der Waals surface area contributed by atoms with E-state index in [0.717, 1.165) is 12.5 Å². The molecule has 26 heavy (non-hydrogen) atoms. The van der Waals surface area contributed by atoms with Gasteiger partial charge in [0, 0.05) is 29.7 Å². The van der Waals surface area contributed by atoms with Crippen molar-refractivity contribution in [3.8, 4) is 0 Å². The molecule has 0 aromatic rings. The van der Waals surface area contributed by atoms with Crippen molar-refractivity contribution in [2.75, 3.05) is 0 Å². The second-order valence-corrected chi connectivity index (χ2v) is 7.64. The highest BCUT2D eigenvalue weighted by Gasteiger charge is 2.53. The second-order valence-electron chi connectivity index (χ2n) is 7.64. The van der Waals surface area contributed by atoms with Crippen LogP contribution in [0.5, 0.6) is 0 Å². The van der Waals surface area contributed by atoms with E-state index in [1.807, 2.05) is 32.9 Å². The van der Waals surface area contributed by atoms with Crippen LogP contribution in [0, 0.1) is 23.7 Å². The van der Waals surface area contributed by atoms with Gasteiger partial charge in [-0.25, -0.2) is 4.79 Å². The third-order valence-electron chi connectivity index (χ3n) is 5.83. The summed E-state index contributed by atoms with van der Waals surface area (Å²) in [7, 11) is 0. The second kappa shape index (κ2) is 8.51. The third-order valence-corrected chi connectivity index (χ3v) is 5.83. The van der Waals surface area contributed by atoms with E-state index in [0.29, 0.717) is 5.92 Å². The quantitative estimate of drug-likeness (QED) is 0.443. The number of aliphatic carboxylic acids is 1. The van der Waals surface area contributed by atoms with Gasteiger partial charge < -0.3 is 19.7 Å². The fourth-order valence-corrected chi connectivity index (χ4v) is 4.01. The Hall–Kier alpha value is -1.43. The highest BCUT2D eigenvalue weighted by Crippen LogP contribution is 2.45. The van der Waals surface area contributed by atoms with Gasteiger partial charge in [0.2, 0.25) is 0 Å². The molecule has 146 valence electrons. The molecule has 0 saturated carbocycles. The van der Waals surface area contributed by atoms with E-state index in [4.69, 9.17) is 14.6 Å². The Balaban J connectivity index is 2.22. The Morgan fingerprint density at radius 2 is 1.96 bits per heavy atom. The summed E-state index contributed by atoms with van der Waals surface area (Å²) in [5.74, 6) is -1.78. The first kappa shape index (κ1) is 20.9. The van der Waals surface area contributed by atoms with Crippen LogP contribution in [-0.2, 0) is 14.3 Å². The van der Waals surface area contributed by atoms with Crippen molar-refractivity contribution in [2.24, 2.45) is 23.7 Å². The van der Waals surface area contributed by atoms with Gasteiger partial charge in [0.1, 0.15) is 0 Å². The molecule has 0 aromatic heterocycles. The summed E-state index contributed by atoms with van der Waals surface area (Å²) in [6.45, 7) is 10.1. The van der Waals surface area contributed by atoms with Crippen LogP contribution < -0.4 is 0 Å². The first-order valence-electron chi connectivity index (χ1n) is 9.52. The predicted molar refractivity (Wildman–Crippen MR) is 100 cm³/mol. The number of carboxylic acid groups (broad SMARTS) is 1. The summed E-state index contributed by atoms with van der Waals surface area (Å²) in [4.78, 5) is 10.6. The maximum absolute atomic E-state index is 10.8. The molecule has 0 radical (unpaired) electrons. The van der Waals surface area contributed by atoms with Gasteiger partial charge in [-0.3, -0.25) is 0 Å². The average Bonchev–Trinajstić information content (AvgIpc) is 2.60. The van der Waals surface area contributed by atoms with Gasteiger partial charge in [0.15, 0.2) is 5.79 Å². The van der Waals surface area contributed by atoms with Crippen LogP contribution in [-0.4, -0.2) is 40.3 Å². The van der Waals surface area contributed by atoms with E-state index in [-0.39, 0.29) is 30.0 Å². The summed E-state index contributed by atoms with van der Waals surface area (Å²) in [5, 5.41) is 19.5. The monoisotopic (exact) mass is 364 g/mol. The van der Waals surface area contributed by atoms with Crippen molar-refractivity contribution in [3.63, 3.8) is 0 Å². The fourth-order valence-electron chi connectivity index (χ4n) is 4.01. The largest absolute Gasteiger partial charge is 0.478 e. The van der Waals surface area contributed by atoms with Crippen molar-refractivity contribution in [1.82, 2.24) is 0 Å². The molecule has 2 N–H and O–H groups in total. The van der Waals surface area contributed by atoms with Crippen LogP contribution in [0.15, 0.2) is 36.5 Å². The Morgan fingerprint density at radius 1 is 1.27 bits per heavy atom. The molecular weight excluding hydrogens is 332 g/mol. The number of hydrogen-bond donors (Lipinski definition) is 2. The molecule has 0 amide bonds. The zero-order valence-corrected chi connectivity index (χ0v) is 16.3. The van der Waals surface area contributed by atoms with Crippen LogP contribution in [0.2, 0.25) is 0 Å². The van der Waals surface area contributed by atoms with Crippen LogP contribution >= 0.6 is 0 Å². The van der Waals surface area contributed by atoms with E-state index in [1.165, 1.54) is 6.08 Å². The lowest BCUT2D eigenvalue weighted by Gasteiger charge is -2.53. The SMILES string of the molecule is CC[C@H]1C=C[C@]2(O[C@@H]([C@@H](C)/C=C/C=C/C(=O)O)[C@@H](C)[C@@H](O)[C@H]2C)O[C@@H]1C. The number of hydrogen-bond acceptors (Lipinski definition) is 4. The number of ether oxygens (including phenoxy) is 2. The molecule has 1 fully saturated rings. The Bertz CT molecular complexity index is 581. The third kappa shape index (κ3) is 4.27. The lowest BCUT2D eigenvalue weighted by atomic mass is 9.76. The number of rotatable bonds is 5. The summed E-state index contributed by atoms with van der Waals surface area (Å²) in [6.07, 6.45) is 10.6. The molecule has 1 spiro atoms. The van der Waals surface area contributed by atoms with Gasteiger partial charge in [0.25, 0.3) is 0 Å². The Kier molecular flexibility index (Phi) is 6.83. The van der Waals surface area contributed by atoms with Crippen molar-refractivity contribution in [1.29, 1.82) is 0 Å². The van der Waals surface area contributed by atoms with Gasteiger partial charge in [0.05, 0.1) is 18.3 Å². The molecule has 5 nitrogen and oxygen atoms in total. The van der Waals surface area contributed by atoms with E-state index in [1.54, 1.807) is 6.08 Å². The molecule has 2 heterocycles. The van der Waals surface area contributed by atoms with Crippen LogP contribution in [0.1, 0.15) is 41.0 Å². The van der Waals surface area contributed by atoms with Gasteiger partial charge in [-0.1, -0.05) is 52.0 Å². The number of aliphatic hydroxyl groups excluding tert-OH is 1. The highest BCUT2D eigenvalue weighted by atomic mass is 16.7. The lowest BCUT2D eigenvalue weighted by molar-refractivity contribution is -0.334. The smallest absolute Gasteiger partial charge is 0.328 e. The minimum absolute atomic E-state index is 0.00123. The van der Waals surface area contributed by atoms with Crippen molar-refractivity contribution < 1.29 is 24.5 Å². The molecule has 0 unspecified atom stereocenters. The molecule has 0 bridgehead atoms. The maximum atomic E-state index is 10.8. The number of carboxylic acids is 1. The Morgan fingerprint density at radius 3 is 2.54 bits per heavy atom. The first-order chi connectivity index (χ1) is 12.2. The standard InChI is InChI=1S/C21H32O5/c1-6-17-11-12-21(25-16(17)5)15(4)19(24)14(3)20(26-21)13(2)9-7-8-10-18(22)23/h7-17,19-20,24H,6H2,1-5H3,(H,22,23)/b9-7+,10-8+/t13-,14-,15+,16+,17-,19+,20-,21+/m0/s1. The minimum Gasteiger partial charge on any atom is -0.478 e. The number of aliphatic hydroxyl groups is 1. The molecule has 0 aliphatic carbocycles. The number of allylic oxidation sites excluding steroid dienone is 2. The topological polar surface area (TPSA) is 76.0 Å². The van der Waals surface area contributed by atoms with Gasteiger partial charge >= 0.3 is 5.97 Å². The van der Waals surface area contributed by atoms with Gasteiger partial charge in [-0.05, 0) is 19.4 Å². The molecule has 1 saturated heterocycles. The van der Waals surface area contributed by atoms with E-state index in [9.17, 15) is 9.90 Å². The number of carbonyl (C=O) groups is 1. The molecule has 2 rings (SSSR count). The maximum Gasteiger partial charge on any atom is 0.328 e. The van der Waals surface area contributed by atoms with E-state index >= 15 is 0 Å². The fraction of sp³-hybridized carbons (Fsp3) is 0.667. The van der Waals surface area contributed by atoms with Crippen LogP contribution in [0.4, 0.5) is 0 Å². The van der Waals surface area contributed by atoms with Crippen LogP contribution in [0.3, 0.4) is 0 Å². The molecule has 2 aliphatic heterocycles. The average molecular weight is 364 g/mol. The Labute approximate surface area is 156 Å². The van der Waals surface area contributed by atoms with Crippen molar-refractivity contribution in [2.45, 2.75) is 65.1 Å². The van der Waals surface area contributed by atoms with E-state index < -0.39 is 17.9 Å². The van der Waals surface area contributed by atoms with Crippen LogP contribution in [0.25, 0.3) is 0 Å². The van der Waals surface area contributed by atoms with Crippen molar-refractivity contribution >= 4 is 5.97 Å². The zero-order valence-electron chi connectivity index (χ0n) is 16.3. The highest BCUT2D eigenvalue weighted by molar-refractivity contribution is 5.80.